The van der Waals surface area contributed by atoms with E-state index in [2.05, 4.69) is 0 Å². The van der Waals surface area contributed by atoms with Gasteiger partial charge in [0.05, 0.1) is 5.38 Å². The molecule has 22 heavy (non-hydrogen) atoms. The molecule has 114 valence electrons. The van der Waals surface area contributed by atoms with E-state index in [9.17, 15) is 9.90 Å². The first-order valence-electron chi connectivity index (χ1n) is 7.42. The van der Waals surface area contributed by atoms with Gasteiger partial charge >= 0.3 is 0 Å². The number of halogens is 1. The lowest BCUT2D eigenvalue weighted by molar-refractivity contribution is 0.00907. The summed E-state index contributed by atoms with van der Waals surface area (Å²) in [5.74, 6) is -0.286. The monoisotopic (exact) mass is 314 g/mol. The van der Waals surface area contributed by atoms with Gasteiger partial charge in [0, 0.05) is 5.56 Å². The fourth-order valence-electron chi connectivity index (χ4n) is 3.46. The molecule has 0 aliphatic heterocycles. The lowest BCUT2D eigenvalue weighted by atomic mass is 9.64. The van der Waals surface area contributed by atoms with Crippen LogP contribution in [0.2, 0.25) is 0 Å². The van der Waals surface area contributed by atoms with Crippen LogP contribution >= 0.6 is 11.6 Å². The molecule has 0 bridgehead atoms. The van der Waals surface area contributed by atoms with Gasteiger partial charge in [0.2, 0.25) is 0 Å². The van der Waals surface area contributed by atoms with E-state index in [1.807, 2.05) is 62.4 Å². The van der Waals surface area contributed by atoms with Crippen molar-refractivity contribution in [3.8, 4) is 0 Å². The van der Waals surface area contributed by atoms with Gasteiger partial charge in [-0.1, -0.05) is 68.4 Å². The van der Waals surface area contributed by atoms with Gasteiger partial charge in [-0.05, 0) is 23.0 Å². The number of fused-ring (bicyclic) bond motifs is 1. The third-order valence-corrected chi connectivity index (χ3v) is 5.13. The predicted octanol–water partition coefficient (Wildman–Crippen LogP) is 4.26. The molecule has 1 N–H and O–H groups in total. The van der Waals surface area contributed by atoms with Gasteiger partial charge in [-0.3, -0.25) is 4.79 Å². The van der Waals surface area contributed by atoms with Crippen molar-refractivity contribution in [2.75, 3.05) is 0 Å². The Bertz CT molecular complexity index is 708. The molecule has 0 spiro atoms. The maximum atomic E-state index is 12.9. The van der Waals surface area contributed by atoms with E-state index in [-0.39, 0.29) is 11.2 Å². The first-order chi connectivity index (χ1) is 10.4. The molecule has 3 heteroatoms. The number of ketones is 1. The Morgan fingerprint density at radius 2 is 1.64 bits per heavy atom. The summed E-state index contributed by atoms with van der Waals surface area (Å²) in [7, 11) is 0. The molecule has 1 aliphatic carbocycles. The second-order valence-electron chi connectivity index (χ2n) is 6.63. The van der Waals surface area contributed by atoms with E-state index in [4.69, 9.17) is 11.6 Å². The number of benzene rings is 2. The van der Waals surface area contributed by atoms with Gasteiger partial charge in [0.1, 0.15) is 5.60 Å². The van der Waals surface area contributed by atoms with E-state index in [0.29, 0.717) is 12.0 Å². The molecule has 0 aromatic heterocycles. The Balaban J connectivity index is 2.11. The molecule has 0 saturated carbocycles. The zero-order valence-electron chi connectivity index (χ0n) is 12.7. The second kappa shape index (κ2) is 5.22. The molecule has 0 fully saturated rings. The Kier molecular flexibility index (Phi) is 3.62. The normalized spacial score (nSPS) is 24.6. The minimum atomic E-state index is -1.60. The van der Waals surface area contributed by atoms with Gasteiger partial charge in [0.25, 0.3) is 0 Å². The molecule has 0 unspecified atom stereocenters. The highest BCUT2D eigenvalue weighted by molar-refractivity contribution is 6.25. The highest BCUT2D eigenvalue weighted by Crippen LogP contribution is 2.48. The summed E-state index contributed by atoms with van der Waals surface area (Å²) in [6, 6.07) is 16.8. The Hall–Kier alpha value is -1.64. The lowest BCUT2D eigenvalue weighted by Crippen LogP contribution is -2.51. The van der Waals surface area contributed by atoms with Gasteiger partial charge in [-0.15, -0.1) is 11.6 Å². The highest BCUT2D eigenvalue weighted by Gasteiger charge is 2.52. The van der Waals surface area contributed by atoms with Crippen molar-refractivity contribution >= 4 is 17.4 Å². The topological polar surface area (TPSA) is 37.3 Å². The van der Waals surface area contributed by atoms with Crippen molar-refractivity contribution in [2.24, 2.45) is 0 Å². The fraction of sp³-hybridized carbons (Fsp3) is 0.316. The number of aliphatic hydroxyl groups is 1. The van der Waals surface area contributed by atoms with Crippen LogP contribution in [0.1, 0.15) is 47.1 Å². The summed E-state index contributed by atoms with van der Waals surface area (Å²) >= 11 is 6.54. The fourth-order valence-corrected chi connectivity index (χ4v) is 3.78. The van der Waals surface area contributed by atoms with E-state index in [1.54, 1.807) is 6.07 Å². The minimum absolute atomic E-state index is 0.286. The number of alkyl halides is 1. The Labute approximate surface area is 135 Å². The zero-order valence-corrected chi connectivity index (χ0v) is 13.5. The van der Waals surface area contributed by atoms with E-state index in [0.717, 1.165) is 11.1 Å². The van der Waals surface area contributed by atoms with Gasteiger partial charge in [-0.25, -0.2) is 0 Å². The maximum Gasteiger partial charge on any atom is 0.196 e. The van der Waals surface area contributed by atoms with Gasteiger partial charge < -0.3 is 5.11 Å². The molecule has 2 aromatic carbocycles. The summed E-state index contributed by atoms with van der Waals surface area (Å²) in [6.45, 7) is 4.08. The quantitative estimate of drug-likeness (QED) is 0.841. The molecular weight excluding hydrogens is 296 g/mol. The van der Waals surface area contributed by atoms with Crippen LogP contribution in [0.3, 0.4) is 0 Å². The molecule has 0 saturated heterocycles. The molecule has 0 amide bonds. The molecule has 2 nitrogen and oxygen atoms in total. The van der Waals surface area contributed by atoms with Crippen molar-refractivity contribution in [3.05, 3.63) is 71.3 Å². The minimum Gasteiger partial charge on any atom is -0.380 e. The van der Waals surface area contributed by atoms with Crippen LogP contribution < -0.4 is 0 Å². The van der Waals surface area contributed by atoms with Gasteiger partial charge in [0.15, 0.2) is 5.78 Å². The predicted molar refractivity (Wildman–Crippen MR) is 88.4 cm³/mol. The average Bonchev–Trinajstić information content (AvgIpc) is 2.52. The third kappa shape index (κ3) is 2.27. The molecule has 2 atom stereocenters. The van der Waals surface area contributed by atoms with Crippen molar-refractivity contribution in [3.63, 3.8) is 0 Å². The van der Waals surface area contributed by atoms with Crippen molar-refractivity contribution in [1.29, 1.82) is 0 Å². The zero-order chi connectivity index (χ0) is 16.0. The molecule has 0 radical (unpaired) electrons. The van der Waals surface area contributed by atoms with Crippen LogP contribution in [-0.4, -0.2) is 16.5 Å². The molecular formula is C19H19ClO2. The molecule has 3 rings (SSSR count). The van der Waals surface area contributed by atoms with E-state index < -0.39 is 11.0 Å². The maximum absolute atomic E-state index is 12.9. The summed E-state index contributed by atoms with van der Waals surface area (Å²) in [6.07, 6.45) is 0.304. The average molecular weight is 315 g/mol. The Morgan fingerprint density at radius 1 is 1.05 bits per heavy atom. The van der Waals surface area contributed by atoms with Crippen LogP contribution in [0.15, 0.2) is 54.6 Å². The van der Waals surface area contributed by atoms with E-state index in [1.165, 1.54) is 0 Å². The first-order valence-corrected chi connectivity index (χ1v) is 7.85. The molecule has 2 aromatic rings. The highest BCUT2D eigenvalue weighted by atomic mass is 35.5. The molecule has 1 aliphatic rings. The summed E-state index contributed by atoms with van der Waals surface area (Å²) in [4.78, 5) is 12.9. The van der Waals surface area contributed by atoms with Gasteiger partial charge in [-0.2, -0.15) is 0 Å². The summed E-state index contributed by atoms with van der Waals surface area (Å²) in [5, 5.41) is 10.4. The lowest BCUT2D eigenvalue weighted by Gasteiger charge is -2.43. The smallest absolute Gasteiger partial charge is 0.196 e. The van der Waals surface area contributed by atoms with Crippen LogP contribution in [0.25, 0.3) is 0 Å². The number of hydrogen-bond donors (Lipinski definition) is 1. The number of Topliss-reactive ketones (excluding diaryl/α,β-unsaturated/α-hetero) is 1. The SMILES string of the molecule is CC1(C)C[C@](O)([C@@H](Cl)c2ccccc2)C(=O)c2ccccc21. The van der Waals surface area contributed by atoms with Crippen LogP contribution in [0.5, 0.6) is 0 Å². The second-order valence-corrected chi connectivity index (χ2v) is 7.07. The van der Waals surface area contributed by atoms with Crippen molar-refractivity contribution in [2.45, 2.75) is 36.7 Å². The third-order valence-electron chi connectivity index (χ3n) is 4.52. The molecule has 0 heterocycles. The summed E-state index contributed by atoms with van der Waals surface area (Å²) < 4.78 is 0. The van der Waals surface area contributed by atoms with Crippen LogP contribution in [0.4, 0.5) is 0 Å². The van der Waals surface area contributed by atoms with E-state index >= 15 is 0 Å². The Morgan fingerprint density at radius 3 is 2.32 bits per heavy atom. The first kappa shape index (κ1) is 15.3. The van der Waals surface area contributed by atoms with Crippen molar-refractivity contribution in [1.82, 2.24) is 0 Å². The van der Waals surface area contributed by atoms with Crippen LogP contribution in [0, 0.1) is 0 Å². The number of carbonyl (C=O) groups excluding carboxylic acids is 1. The number of hydrogen-bond acceptors (Lipinski definition) is 2. The van der Waals surface area contributed by atoms with Crippen LogP contribution in [-0.2, 0) is 5.41 Å². The standard InChI is InChI=1S/C19H19ClO2/c1-18(2)12-19(22,16(20)13-8-4-3-5-9-13)17(21)14-10-6-7-11-15(14)18/h3-11,16,22H,12H2,1-2H3/t16-,19-/m0/s1. The summed E-state index contributed by atoms with van der Waals surface area (Å²) in [5.41, 5.74) is 0.390. The largest absolute Gasteiger partial charge is 0.380 e. The van der Waals surface area contributed by atoms with Crippen molar-refractivity contribution < 1.29 is 9.90 Å². The number of rotatable bonds is 2. The number of carbonyl (C=O) groups is 1.